The summed E-state index contributed by atoms with van der Waals surface area (Å²) >= 11 is 0. The molecule has 19 heavy (non-hydrogen) atoms. The fraction of sp³-hybridized carbons (Fsp3) is 0.625. The Hall–Kier alpha value is -0.900. The van der Waals surface area contributed by atoms with Crippen LogP contribution in [0.2, 0.25) is 0 Å². The van der Waals surface area contributed by atoms with Crippen molar-refractivity contribution in [2.75, 3.05) is 26.2 Å². The minimum Gasteiger partial charge on any atom is -0.387 e. The van der Waals surface area contributed by atoms with E-state index in [0.717, 1.165) is 31.7 Å². The molecule has 3 nitrogen and oxygen atoms in total. The third-order valence-electron chi connectivity index (χ3n) is 3.97. The van der Waals surface area contributed by atoms with Crippen LogP contribution in [0.4, 0.5) is 0 Å². The topological polar surface area (TPSA) is 35.5 Å². The predicted octanol–water partition coefficient (Wildman–Crippen LogP) is 2.18. The van der Waals surface area contributed by atoms with Gasteiger partial charge in [-0.3, -0.25) is 4.90 Å². The van der Waals surface area contributed by atoms with Crippen molar-refractivity contribution in [1.82, 2.24) is 10.2 Å². The highest BCUT2D eigenvalue weighted by molar-refractivity contribution is 5.17. The zero-order valence-electron chi connectivity index (χ0n) is 11.9. The van der Waals surface area contributed by atoms with Gasteiger partial charge in [-0.2, -0.15) is 0 Å². The highest BCUT2D eigenvalue weighted by Crippen LogP contribution is 2.21. The fourth-order valence-corrected chi connectivity index (χ4v) is 2.85. The first-order valence-electron chi connectivity index (χ1n) is 7.49. The first-order chi connectivity index (χ1) is 9.31. The van der Waals surface area contributed by atoms with E-state index >= 15 is 0 Å². The quantitative estimate of drug-likeness (QED) is 0.825. The smallest absolute Gasteiger partial charge is 0.0917 e. The highest BCUT2D eigenvalue weighted by atomic mass is 16.3. The van der Waals surface area contributed by atoms with Crippen LogP contribution >= 0.6 is 0 Å². The Morgan fingerprint density at radius 2 is 2.11 bits per heavy atom. The van der Waals surface area contributed by atoms with E-state index in [-0.39, 0.29) is 6.10 Å². The van der Waals surface area contributed by atoms with Crippen LogP contribution in [0.3, 0.4) is 0 Å². The molecule has 1 heterocycles. The van der Waals surface area contributed by atoms with E-state index in [1.165, 1.54) is 19.3 Å². The van der Waals surface area contributed by atoms with Crippen LogP contribution in [0.5, 0.6) is 0 Å². The fourth-order valence-electron chi connectivity index (χ4n) is 2.85. The summed E-state index contributed by atoms with van der Waals surface area (Å²) in [5, 5.41) is 13.8. The van der Waals surface area contributed by atoms with Crippen LogP contribution in [-0.4, -0.2) is 42.2 Å². The summed E-state index contributed by atoms with van der Waals surface area (Å²) in [5.41, 5.74) is 1.02. The van der Waals surface area contributed by atoms with Gasteiger partial charge in [-0.05, 0) is 31.5 Å². The largest absolute Gasteiger partial charge is 0.387 e. The molecule has 0 aromatic heterocycles. The van der Waals surface area contributed by atoms with Crippen LogP contribution < -0.4 is 5.32 Å². The van der Waals surface area contributed by atoms with Gasteiger partial charge in [-0.25, -0.2) is 0 Å². The molecule has 2 rings (SSSR count). The number of nitrogens with zero attached hydrogens (tertiary/aromatic N) is 1. The van der Waals surface area contributed by atoms with Crippen molar-refractivity contribution in [2.45, 2.75) is 38.3 Å². The van der Waals surface area contributed by atoms with Crippen LogP contribution in [0.25, 0.3) is 0 Å². The Morgan fingerprint density at radius 3 is 2.84 bits per heavy atom. The standard InChI is InChI=1S/C16H26N2O/c1-2-17-12-15-10-6-7-11-18(15)13-16(19)14-8-4-3-5-9-14/h3-5,8-9,15-17,19H,2,6-7,10-13H2,1H3. The monoisotopic (exact) mass is 262 g/mol. The Balaban J connectivity index is 1.91. The second kappa shape index (κ2) is 7.63. The zero-order chi connectivity index (χ0) is 13.5. The first-order valence-corrected chi connectivity index (χ1v) is 7.49. The molecule has 2 atom stereocenters. The number of rotatable bonds is 6. The SMILES string of the molecule is CCNCC1CCCCN1CC(O)c1ccccc1. The molecule has 1 saturated heterocycles. The van der Waals surface area contributed by atoms with Gasteiger partial charge >= 0.3 is 0 Å². The van der Waals surface area contributed by atoms with Gasteiger partial charge < -0.3 is 10.4 Å². The van der Waals surface area contributed by atoms with Crippen LogP contribution in [0.15, 0.2) is 30.3 Å². The van der Waals surface area contributed by atoms with Crippen molar-refractivity contribution < 1.29 is 5.11 Å². The zero-order valence-corrected chi connectivity index (χ0v) is 11.9. The summed E-state index contributed by atoms with van der Waals surface area (Å²) in [4.78, 5) is 2.45. The van der Waals surface area contributed by atoms with Gasteiger partial charge in [0.15, 0.2) is 0 Å². The van der Waals surface area contributed by atoms with Gasteiger partial charge in [-0.15, -0.1) is 0 Å². The Bertz CT molecular complexity index is 355. The van der Waals surface area contributed by atoms with E-state index in [4.69, 9.17) is 0 Å². The van der Waals surface area contributed by atoms with E-state index in [2.05, 4.69) is 17.1 Å². The number of likely N-dealkylation sites (N-methyl/N-ethyl adjacent to an activating group) is 1. The van der Waals surface area contributed by atoms with Gasteiger partial charge in [0, 0.05) is 19.1 Å². The molecule has 1 aliphatic heterocycles. The van der Waals surface area contributed by atoms with E-state index in [1.807, 2.05) is 30.3 Å². The van der Waals surface area contributed by atoms with Crippen molar-refractivity contribution in [2.24, 2.45) is 0 Å². The maximum Gasteiger partial charge on any atom is 0.0917 e. The van der Waals surface area contributed by atoms with Gasteiger partial charge in [0.2, 0.25) is 0 Å². The second-order valence-corrected chi connectivity index (χ2v) is 5.38. The number of aliphatic hydroxyl groups excluding tert-OH is 1. The first kappa shape index (κ1) is 14.5. The van der Waals surface area contributed by atoms with Crippen molar-refractivity contribution in [3.05, 3.63) is 35.9 Å². The average Bonchev–Trinajstić information content (AvgIpc) is 2.47. The van der Waals surface area contributed by atoms with Gasteiger partial charge in [-0.1, -0.05) is 43.7 Å². The Morgan fingerprint density at radius 1 is 1.32 bits per heavy atom. The number of hydrogen-bond acceptors (Lipinski definition) is 3. The summed E-state index contributed by atoms with van der Waals surface area (Å²) in [6, 6.07) is 10.6. The van der Waals surface area contributed by atoms with Crippen molar-refractivity contribution in [1.29, 1.82) is 0 Å². The number of benzene rings is 1. The van der Waals surface area contributed by atoms with Gasteiger partial charge in [0.25, 0.3) is 0 Å². The molecule has 1 aliphatic rings. The van der Waals surface area contributed by atoms with Crippen molar-refractivity contribution >= 4 is 0 Å². The molecule has 2 unspecified atom stereocenters. The lowest BCUT2D eigenvalue weighted by Crippen LogP contribution is -2.47. The Kier molecular flexibility index (Phi) is 5.83. The molecule has 0 amide bonds. The number of nitrogens with one attached hydrogen (secondary N) is 1. The van der Waals surface area contributed by atoms with Crippen LogP contribution in [0, 0.1) is 0 Å². The number of piperidine rings is 1. The molecule has 1 aromatic carbocycles. The normalized spacial score (nSPS) is 22.3. The maximum atomic E-state index is 10.4. The van der Waals surface area contributed by atoms with E-state index < -0.39 is 0 Å². The lowest BCUT2D eigenvalue weighted by molar-refractivity contribution is 0.0670. The molecule has 106 valence electrons. The summed E-state index contributed by atoms with van der Waals surface area (Å²) in [6.45, 7) is 6.07. The summed E-state index contributed by atoms with van der Waals surface area (Å²) in [7, 11) is 0. The summed E-state index contributed by atoms with van der Waals surface area (Å²) < 4.78 is 0. The number of likely N-dealkylation sites (tertiary alicyclic amines) is 1. The minimum absolute atomic E-state index is 0.372. The third kappa shape index (κ3) is 4.30. The minimum atomic E-state index is -0.372. The van der Waals surface area contributed by atoms with Crippen molar-refractivity contribution in [3.8, 4) is 0 Å². The molecule has 1 aromatic rings. The molecule has 0 saturated carbocycles. The lowest BCUT2D eigenvalue weighted by Gasteiger charge is -2.37. The van der Waals surface area contributed by atoms with Gasteiger partial charge in [0.1, 0.15) is 0 Å². The second-order valence-electron chi connectivity index (χ2n) is 5.38. The summed E-state index contributed by atoms with van der Waals surface area (Å²) in [5.74, 6) is 0. The molecule has 0 bridgehead atoms. The van der Waals surface area contributed by atoms with Crippen LogP contribution in [-0.2, 0) is 0 Å². The molecular formula is C16H26N2O. The lowest BCUT2D eigenvalue weighted by atomic mass is 10.00. The maximum absolute atomic E-state index is 10.4. The van der Waals surface area contributed by atoms with Gasteiger partial charge in [0.05, 0.1) is 6.10 Å². The third-order valence-corrected chi connectivity index (χ3v) is 3.97. The average molecular weight is 262 g/mol. The van der Waals surface area contributed by atoms with E-state index in [1.54, 1.807) is 0 Å². The molecule has 0 aliphatic carbocycles. The molecule has 0 radical (unpaired) electrons. The molecule has 2 N–H and O–H groups in total. The van der Waals surface area contributed by atoms with E-state index in [0.29, 0.717) is 6.04 Å². The molecule has 0 spiro atoms. The number of hydrogen-bond donors (Lipinski definition) is 2. The number of β-amino-alcohol motifs (C(OH)–C–C–N with tert-alkyl or cyclic N) is 1. The Labute approximate surface area is 116 Å². The predicted molar refractivity (Wildman–Crippen MR) is 79.2 cm³/mol. The van der Waals surface area contributed by atoms with Crippen LogP contribution in [0.1, 0.15) is 37.9 Å². The van der Waals surface area contributed by atoms with E-state index in [9.17, 15) is 5.11 Å². The number of aliphatic hydroxyl groups is 1. The van der Waals surface area contributed by atoms with Crippen molar-refractivity contribution in [3.63, 3.8) is 0 Å². The molecule has 1 fully saturated rings. The molecule has 3 heteroatoms. The highest BCUT2D eigenvalue weighted by Gasteiger charge is 2.24. The summed E-state index contributed by atoms with van der Waals surface area (Å²) in [6.07, 6.45) is 3.44. The molecular weight excluding hydrogens is 236 g/mol.